The molecule has 0 aliphatic carbocycles. The Balaban J connectivity index is 1.53. The van der Waals surface area contributed by atoms with Gasteiger partial charge in [-0.25, -0.2) is 14.8 Å². The molecule has 0 unspecified atom stereocenters. The molecule has 0 fully saturated rings. The second-order valence-corrected chi connectivity index (χ2v) is 5.59. The Morgan fingerprint density at radius 1 is 1.04 bits per heavy atom. The highest BCUT2D eigenvalue weighted by molar-refractivity contribution is 5.88. The normalized spacial score (nSPS) is 11.0. The number of para-hydroxylation sites is 1. The van der Waals surface area contributed by atoms with Gasteiger partial charge in [0.15, 0.2) is 5.69 Å². The van der Waals surface area contributed by atoms with Gasteiger partial charge in [-0.3, -0.25) is 0 Å². The van der Waals surface area contributed by atoms with Crippen molar-refractivity contribution < 1.29 is 9.53 Å². The molecule has 0 bridgehead atoms. The number of fused-ring (bicyclic) bond motifs is 2. The fourth-order valence-electron chi connectivity index (χ4n) is 2.65. The van der Waals surface area contributed by atoms with E-state index in [0.717, 1.165) is 22.2 Å². The zero-order chi connectivity index (χ0) is 16.5. The molecule has 0 saturated heterocycles. The summed E-state index contributed by atoms with van der Waals surface area (Å²) in [5.74, 6) is -0.451. The SMILES string of the molecule is Cc1cccc2nc(C(=O)OCc3ccc4ccccc4n3)cn12. The number of benzene rings is 1. The minimum atomic E-state index is -0.451. The fourth-order valence-corrected chi connectivity index (χ4v) is 2.65. The number of imidazole rings is 1. The van der Waals surface area contributed by atoms with Crippen LogP contribution in [0.4, 0.5) is 0 Å². The zero-order valence-electron chi connectivity index (χ0n) is 13.1. The van der Waals surface area contributed by atoms with E-state index in [0.29, 0.717) is 11.4 Å². The summed E-state index contributed by atoms with van der Waals surface area (Å²) in [7, 11) is 0. The first-order valence-electron chi connectivity index (χ1n) is 7.67. The van der Waals surface area contributed by atoms with E-state index in [1.54, 1.807) is 6.20 Å². The van der Waals surface area contributed by atoms with E-state index in [-0.39, 0.29) is 6.61 Å². The standard InChI is InChI=1S/C19H15N3O2/c1-13-5-4-8-18-21-17(11-22(13)18)19(23)24-12-15-10-9-14-6-2-3-7-16(14)20-15/h2-11H,12H2,1H3. The Morgan fingerprint density at radius 3 is 2.79 bits per heavy atom. The molecule has 3 aromatic heterocycles. The number of rotatable bonds is 3. The lowest BCUT2D eigenvalue weighted by atomic mass is 10.2. The van der Waals surface area contributed by atoms with Gasteiger partial charge in [-0.05, 0) is 31.2 Å². The summed E-state index contributed by atoms with van der Waals surface area (Å²) in [5, 5.41) is 1.06. The molecule has 5 nitrogen and oxygen atoms in total. The van der Waals surface area contributed by atoms with Crippen molar-refractivity contribution in [1.29, 1.82) is 0 Å². The van der Waals surface area contributed by atoms with Gasteiger partial charge in [-0.1, -0.05) is 30.3 Å². The van der Waals surface area contributed by atoms with Crippen LogP contribution in [0.2, 0.25) is 0 Å². The number of carbonyl (C=O) groups excluding carboxylic acids is 1. The van der Waals surface area contributed by atoms with Gasteiger partial charge in [-0.15, -0.1) is 0 Å². The van der Waals surface area contributed by atoms with Gasteiger partial charge in [-0.2, -0.15) is 0 Å². The maximum atomic E-state index is 12.2. The van der Waals surface area contributed by atoms with E-state index in [1.165, 1.54) is 0 Å². The number of aromatic nitrogens is 3. The Kier molecular flexibility index (Phi) is 3.46. The molecule has 0 N–H and O–H groups in total. The number of pyridine rings is 2. The third-order valence-electron chi connectivity index (χ3n) is 3.91. The van der Waals surface area contributed by atoms with Gasteiger partial charge in [0.2, 0.25) is 0 Å². The summed E-state index contributed by atoms with van der Waals surface area (Å²) in [6.45, 7) is 2.08. The average molecular weight is 317 g/mol. The van der Waals surface area contributed by atoms with E-state index >= 15 is 0 Å². The van der Waals surface area contributed by atoms with E-state index in [1.807, 2.05) is 65.9 Å². The summed E-state index contributed by atoms with van der Waals surface area (Å²) >= 11 is 0. The first-order valence-corrected chi connectivity index (χ1v) is 7.67. The fraction of sp³-hybridized carbons (Fsp3) is 0.105. The van der Waals surface area contributed by atoms with Crippen LogP contribution < -0.4 is 0 Å². The van der Waals surface area contributed by atoms with Crippen molar-refractivity contribution in [3.8, 4) is 0 Å². The largest absolute Gasteiger partial charge is 0.454 e. The third kappa shape index (κ3) is 2.60. The Morgan fingerprint density at radius 2 is 1.92 bits per heavy atom. The van der Waals surface area contributed by atoms with Crippen molar-refractivity contribution in [1.82, 2.24) is 14.4 Å². The van der Waals surface area contributed by atoms with Gasteiger partial charge >= 0.3 is 5.97 Å². The van der Waals surface area contributed by atoms with Crippen molar-refractivity contribution in [2.45, 2.75) is 13.5 Å². The number of hydrogen-bond donors (Lipinski definition) is 0. The Hall–Kier alpha value is -3.21. The topological polar surface area (TPSA) is 56.5 Å². The zero-order valence-corrected chi connectivity index (χ0v) is 13.1. The molecule has 0 aliphatic heterocycles. The lowest BCUT2D eigenvalue weighted by Gasteiger charge is -2.04. The van der Waals surface area contributed by atoms with Gasteiger partial charge in [0.1, 0.15) is 12.3 Å². The summed E-state index contributed by atoms with van der Waals surface area (Å²) < 4.78 is 7.22. The molecule has 118 valence electrons. The maximum Gasteiger partial charge on any atom is 0.358 e. The average Bonchev–Trinajstić information content (AvgIpc) is 3.05. The molecule has 0 saturated carbocycles. The maximum absolute atomic E-state index is 12.2. The Labute approximate surface area is 138 Å². The van der Waals surface area contributed by atoms with E-state index in [4.69, 9.17) is 4.74 Å². The predicted octanol–water partition coefficient (Wildman–Crippen LogP) is 3.55. The molecule has 0 radical (unpaired) electrons. The molecule has 24 heavy (non-hydrogen) atoms. The highest BCUT2D eigenvalue weighted by atomic mass is 16.5. The van der Waals surface area contributed by atoms with Crippen molar-refractivity contribution in [2.75, 3.05) is 0 Å². The van der Waals surface area contributed by atoms with Crippen LogP contribution in [0.5, 0.6) is 0 Å². The van der Waals surface area contributed by atoms with Crippen LogP contribution in [-0.4, -0.2) is 20.3 Å². The number of hydrogen-bond acceptors (Lipinski definition) is 4. The highest BCUT2D eigenvalue weighted by Gasteiger charge is 2.13. The van der Waals surface area contributed by atoms with Gasteiger partial charge in [0, 0.05) is 17.3 Å². The number of nitrogens with zero attached hydrogens (tertiary/aromatic N) is 3. The molecule has 0 aliphatic rings. The second kappa shape index (κ2) is 5.77. The Bertz CT molecular complexity index is 1050. The predicted molar refractivity (Wildman–Crippen MR) is 90.8 cm³/mol. The molecule has 4 aromatic rings. The smallest absolute Gasteiger partial charge is 0.358 e. The molecule has 5 heteroatoms. The highest BCUT2D eigenvalue weighted by Crippen LogP contribution is 2.13. The van der Waals surface area contributed by atoms with E-state index < -0.39 is 5.97 Å². The van der Waals surface area contributed by atoms with E-state index in [9.17, 15) is 4.79 Å². The molecule has 0 amide bonds. The van der Waals surface area contributed by atoms with Crippen molar-refractivity contribution in [3.05, 3.63) is 77.9 Å². The van der Waals surface area contributed by atoms with E-state index in [2.05, 4.69) is 9.97 Å². The molecule has 1 aromatic carbocycles. The van der Waals surface area contributed by atoms with Crippen molar-refractivity contribution in [2.24, 2.45) is 0 Å². The molecule has 0 spiro atoms. The van der Waals surface area contributed by atoms with Crippen LogP contribution >= 0.6 is 0 Å². The van der Waals surface area contributed by atoms with Crippen LogP contribution in [-0.2, 0) is 11.3 Å². The second-order valence-electron chi connectivity index (χ2n) is 5.59. The minimum Gasteiger partial charge on any atom is -0.454 e. The van der Waals surface area contributed by atoms with Crippen molar-refractivity contribution >= 4 is 22.5 Å². The van der Waals surface area contributed by atoms with Crippen LogP contribution in [0.1, 0.15) is 21.9 Å². The number of carbonyl (C=O) groups is 1. The van der Waals surface area contributed by atoms with Crippen LogP contribution in [0.15, 0.2) is 60.8 Å². The lowest BCUT2D eigenvalue weighted by Crippen LogP contribution is -2.06. The first kappa shape index (κ1) is 14.4. The monoisotopic (exact) mass is 317 g/mol. The summed E-state index contributed by atoms with van der Waals surface area (Å²) in [4.78, 5) is 21.0. The van der Waals surface area contributed by atoms with Gasteiger partial charge in [0.25, 0.3) is 0 Å². The number of esters is 1. The summed E-state index contributed by atoms with van der Waals surface area (Å²) in [5.41, 5.74) is 3.63. The number of ether oxygens (including phenoxy) is 1. The molecule has 3 heterocycles. The molecule has 4 rings (SSSR count). The molecule has 0 atom stereocenters. The van der Waals surface area contributed by atoms with Crippen LogP contribution in [0.3, 0.4) is 0 Å². The van der Waals surface area contributed by atoms with Gasteiger partial charge < -0.3 is 9.14 Å². The van der Waals surface area contributed by atoms with Crippen LogP contribution in [0.25, 0.3) is 16.6 Å². The summed E-state index contributed by atoms with van der Waals surface area (Å²) in [6, 6.07) is 17.4. The molecular weight excluding hydrogens is 302 g/mol. The molecular formula is C19H15N3O2. The lowest BCUT2D eigenvalue weighted by molar-refractivity contribution is 0.0462. The quantitative estimate of drug-likeness (QED) is 0.542. The summed E-state index contributed by atoms with van der Waals surface area (Å²) in [6.07, 6.45) is 1.70. The minimum absolute atomic E-state index is 0.122. The third-order valence-corrected chi connectivity index (χ3v) is 3.91. The van der Waals surface area contributed by atoms with Gasteiger partial charge in [0.05, 0.1) is 11.2 Å². The van der Waals surface area contributed by atoms with Crippen LogP contribution in [0, 0.1) is 6.92 Å². The first-order chi connectivity index (χ1) is 11.7. The van der Waals surface area contributed by atoms with Crippen molar-refractivity contribution in [3.63, 3.8) is 0 Å². The number of aryl methyl sites for hydroxylation is 1.